The molecular formula is C21H17F3N4O2. The molecule has 0 saturated carbocycles. The third-order valence-corrected chi connectivity index (χ3v) is 5.14. The molecule has 6 nitrogen and oxygen atoms in total. The van der Waals surface area contributed by atoms with E-state index in [4.69, 9.17) is 4.74 Å². The first-order valence-corrected chi connectivity index (χ1v) is 9.29. The molecule has 1 aromatic heterocycles. The molecule has 30 heavy (non-hydrogen) atoms. The van der Waals surface area contributed by atoms with Crippen molar-refractivity contribution >= 4 is 10.9 Å². The van der Waals surface area contributed by atoms with Gasteiger partial charge in [-0.15, -0.1) is 0 Å². The molecule has 1 saturated heterocycles. The minimum absolute atomic E-state index is 0.213. The van der Waals surface area contributed by atoms with Crippen LogP contribution in [-0.2, 0) is 6.18 Å². The number of hydrogen-bond acceptors (Lipinski definition) is 5. The van der Waals surface area contributed by atoms with Crippen LogP contribution in [0.3, 0.4) is 0 Å². The summed E-state index contributed by atoms with van der Waals surface area (Å²) in [7, 11) is 1.51. The highest BCUT2D eigenvalue weighted by Gasteiger charge is 2.35. The molecule has 0 aliphatic carbocycles. The Morgan fingerprint density at radius 3 is 2.57 bits per heavy atom. The molecule has 4 rings (SSSR count). The van der Waals surface area contributed by atoms with Crippen molar-refractivity contribution < 1.29 is 17.9 Å². The molecular weight excluding hydrogens is 397 g/mol. The molecule has 2 aromatic carbocycles. The van der Waals surface area contributed by atoms with Crippen molar-refractivity contribution in [2.24, 2.45) is 0 Å². The molecule has 2 heterocycles. The number of ether oxygens (including phenoxy) is 1. The summed E-state index contributed by atoms with van der Waals surface area (Å²) >= 11 is 0. The number of halogens is 3. The van der Waals surface area contributed by atoms with E-state index in [9.17, 15) is 23.2 Å². The Labute approximate surface area is 169 Å². The van der Waals surface area contributed by atoms with E-state index in [-0.39, 0.29) is 22.8 Å². The zero-order valence-corrected chi connectivity index (χ0v) is 16.0. The average Bonchev–Trinajstić information content (AvgIpc) is 3.27. The van der Waals surface area contributed by atoms with Crippen molar-refractivity contribution in [2.75, 3.05) is 13.7 Å². The van der Waals surface area contributed by atoms with Gasteiger partial charge in [0.1, 0.15) is 11.6 Å². The molecule has 0 amide bonds. The monoisotopic (exact) mass is 414 g/mol. The molecule has 1 fully saturated rings. The number of fused-ring (bicyclic) bond motifs is 1. The maximum atomic E-state index is 13.7. The summed E-state index contributed by atoms with van der Waals surface area (Å²) in [5.41, 5.74) is -1.98. The molecule has 1 atom stereocenters. The zero-order chi connectivity index (χ0) is 21.5. The summed E-state index contributed by atoms with van der Waals surface area (Å²) < 4.78 is 47.5. The van der Waals surface area contributed by atoms with Gasteiger partial charge in [0.25, 0.3) is 5.56 Å². The van der Waals surface area contributed by atoms with Crippen LogP contribution in [0.4, 0.5) is 13.2 Å². The second kappa shape index (κ2) is 7.46. The van der Waals surface area contributed by atoms with E-state index >= 15 is 0 Å². The van der Waals surface area contributed by atoms with Gasteiger partial charge in [-0.2, -0.15) is 18.4 Å². The largest absolute Gasteiger partial charge is 0.497 e. The Morgan fingerprint density at radius 2 is 2.00 bits per heavy atom. The standard InChI is InChI=1S/C21H17F3N4O2/c1-30-14-6-4-13(5-7-14)28-19(17-3-2-8-26-17)27-18-15(20(28)29)9-12(11-25)10-16(18)21(22,23)24/h4-7,9-10,17,26H,2-3,8H2,1H3. The lowest BCUT2D eigenvalue weighted by atomic mass is 10.0. The second-order valence-corrected chi connectivity index (χ2v) is 6.99. The summed E-state index contributed by atoms with van der Waals surface area (Å²) in [5, 5.41) is 12.1. The van der Waals surface area contributed by atoms with Crippen LogP contribution in [0.5, 0.6) is 5.75 Å². The predicted octanol–water partition coefficient (Wildman–Crippen LogP) is 3.71. The van der Waals surface area contributed by atoms with Gasteiger partial charge < -0.3 is 10.1 Å². The van der Waals surface area contributed by atoms with Gasteiger partial charge in [-0.05, 0) is 55.8 Å². The maximum absolute atomic E-state index is 13.7. The highest BCUT2D eigenvalue weighted by molar-refractivity contribution is 5.83. The van der Waals surface area contributed by atoms with Gasteiger partial charge in [0, 0.05) is 0 Å². The van der Waals surface area contributed by atoms with Crippen LogP contribution in [0.1, 0.15) is 35.8 Å². The molecule has 0 spiro atoms. The fraction of sp³-hybridized carbons (Fsp3) is 0.286. The van der Waals surface area contributed by atoms with Crippen LogP contribution in [0.25, 0.3) is 16.6 Å². The Balaban J connectivity index is 2.09. The van der Waals surface area contributed by atoms with Gasteiger partial charge in [-0.1, -0.05) is 0 Å². The Morgan fingerprint density at radius 1 is 1.27 bits per heavy atom. The normalized spacial score (nSPS) is 16.6. The van der Waals surface area contributed by atoms with E-state index in [0.717, 1.165) is 18.6 Å². The molecule has 1 unspecified atom stereocenters. The molecule has 9 heteroatoms. The number of nitrogens with one attached hydrogen (secondary N) is 1. The summed E-state index contributed by atoms with van der Waals surface area (Å²) in [6.07, 6.45) is -3.29. The van der Waals surface area contributed by atoms with Crippen LogP contribution >= 0.6 is 0 Å². The number of aromatic nitrogens is 2. The minimum Gasteiger partial charge on any atom is -0.497 e. The van der Waals surface area contributed by atoms with Gasteiger partial charge in [-0.25, -0.2) is 4.98 Å². The van der Waals surface area contributed by atoms with Gasteiger partial charge in [0.05, 0.1) is 46.9 Å². The topological polar surface area (TPSA) is 79.9 Å². The lowest BCUT2D eigenvalue weighted by molar-refractivity contribution is -0.136. The molecule has 1 aliphatic rings. The van der Waals surface area contributed by atoms with Crippen molar-refractivity contribution in [3.05, 3.63) is 63.7 Å². The first-order valence-electron chi connectivity index (χ1n) is 9.29. The number of alkyl halides is 3. The number of methoxy groups -OCH3 is 1. The second-order valence-electron chi connectivity index (χ2n) is 6.99. The van der Waals surface area contributed by atoms with Crippen molar-refractivity contribution in [1.82, 2.24) is 14.9 Å². The predicted molar refractivity (Wildman–Crippen MR) is 104 cm³/mol. The van der Waals surface area contributed by atoms with Gasteiger partial charge >= 0.3 is 6.18 Å². The fourth-order valence-electron chi connectivity index (χ4n) is 3.71. The minimum atomic E-state index is -4.75. The van der Waals surface area contributed by atoms with Gasteiger partial charge in [-0.3, -0.25) is 9.36 Å². The lowest BCUT2D eigenvalue weighted by Crippen LogP contribution is -2.29. The smallest absolute Gasteiger partial charge is 0.418 e. The molecule has 3 aromatic rings. The summed E-state index contributed by atoms with van der Waals surface area (Å²) in [6, 6.07) is 9.83. The van der Waals surface area contributed by atoms with Crippen molar-refractivity contribution in [1.29, 1.82) is 5.26 Å². The van der Waals surface area contributed by atoms with Gasteiger partial charge in [0.15, 0.2) is 0 Å². The van der Waals surface area contributed by atoms with E-state index in [1.54, 1.807) is 30.3 Å². The van der Waals surface area contributed by atoms with Crippen molar-refractivity contribution in [2.45, 2.75) is 25.1 Å². The van der Waals surface area contributed by atoms with Crippen molar-refractivity contribution in [3.8, 4) is 17.5 Å². The van der Waals surface area contributed by atoms with E-state index < -0.39 is 22.8 Å². The van der Waals surface area contributed by atoms with E-state index in [0.29, 0.717) is 24.4 Å². The van der Waals surface area contributed by atoms with Crippen LogP contribution in [-0.4, -0.2) is 23.2 Å². The van der Waals surface area contributed by atoms with Crippen LogP contribution < -0.4 is 15.6 Å². The quantitative estimate of drug-likeness (QED) is 0.707. The Hall–Kier alpha value is -3.38. The third-order valence-electron chi connectivity index (χ3n) is 5.14. The molecule has 154 valence electrons. The molecule has 1 N–H and O–H groups in total. The van der Waals surface area contributed by atoms with Crippen molar-refractivity contribution in [3.63, 3.8) is 0 Å². The number of nitriles is 1. The average molecular weight is 414 g/mol. The maximum Gasteiger partial charge on any atom is 0.418 e. The first-order chi connectivity index (χ1) is 14.3. The lowest BCUT2D eigenvalue weighted by Gasteiger charge is -2.20. The molecule has 0 bridgehead atoms. The Kier molecular flexibility index (Phi) is 4.95. The summed E-state index contributed by atoms with van der Waals surface area (Å²) in [5.74, 6) is 0.789. The van der Waals surface area contributed by atoms with Crippen LogP contribution in [0, 0.1) is 11.3 Å². The first kappa shape index (κ1) is 19.9. The van der Waals surface area contributed by atoms with Crippen LogP contribution in [0.15, 0.2) is 41.2 Å². The highest BCUT2D eigenvalue weighted by Crippen LogP contribution is 2.35. The van der Waals surface area contributed by atoms with Crippen LogP contribution in [0.2, 0.25) is 0 Å². The molecule has 1 aliphatic heterocycles. The summed E-state index contributed by atoms with van der Waals surface area (Å²) in [4.78, 5) is 17.7. The number of nitrogens with zero attached hydrogens (tertiary/aromatic N) is 3. The van der Waals surface area contributed by atoms with E-state index in [1.807, 2.05) is 0 Å². The summed E-state index contributed by atoms with van der Waals surface area (Å²) in [6.45, 7) is 0.681. The molecule has 0 radical (unpaired) electrons. The number of rotatable bonds is 3. The van der Waals surface area contributed by atoms with E-state index in [1.165, 1.54) is 11.7 Å². The SMILES string of the molecule is COc1ccc(-n2c(C3CCCN3)nc3c(C(F)(F)F)cc(C#N)cc3c2=O)cc1. The highest BCUT2D eigenvalue weighted by atomic mass is 19.4. The fourth-order valence-corrected chi connectivity index (χ4v) is 3.71. The zero-order valence-electron chi connectivity index (χ0n) is 16.0. The van der Waals surface area contributed by atoms with Gasteiger partial charge in [0.2, 0.25) is 0 Å². The third kappa shape index (κ3) is 3.39. The van der Waals surface area contributed by atoms with E-state index in [2.05, 4.69) is 10.3 Å². The number of hydrogen-bond donors (Lipinski definition) is 1. The Bertz CT molecular complexity index is 1200. The number of benzene rings is 2.